The molecule has 0 rings (SSSR count). The zero-order chi connectivity index (χ0) is 12.1. The molecule has 90 valence electrons. The molecule has 1 unspecified atom stereocenters. The minimum absolute atomic E-state index is 0.353. The second-order valence-electron chi connectivity index (χ2n) is 5.06. The first kappa shape index (κ1) is 14.4. The molecule has 0 saturated carbocycles. The normalized spacial score (nSPS) is 14.3. The van der Waals surface area contributed by atoms with Crippen LogP contribution in [0.5, 0.6) is 0 Å². The number of carboxylic acid groups (broad SMARTS) is 1. The molecule has 0 radical (unpaired) electrons. The summed E-state index contributed by atoms with van der Waals surface area (Å²) in [5.41, 5.74) is -0.688. The molecule has 0 spiro atoms. The summed E-state index contributed by atoms with van der Waals surface area (Å²) in [4.78, 5) is 13.0. The van der Waals surface area contributed by atoms with E-state index in [9.17, 15) is 4.79 Å². The number of hydrogen-bond donors (Lipinski definition) is 2. The van der Waals surface area contributed by atoms with Crippen LogP contribution in [0.15, 0.2) is 0 Å². The van der Waals surface area contributed by atoms with Crippen LogP contribution in [0.3, 0.4) is 0 Å². The van der Waals surface area contributed by atoms with E-state index in [2.05, 4.69) is 17.1 Å². The number of hydrogen-bond acceptors (Lipinski definition) is 3. The maximum Gasteiger partial charge on any atom is 0.310 e. The Bertz CT molecular complexity index is 203. The number of rotatable bonds is 7. The number of carboxylic acids is 1. The van der Waals surface area contributed by atoms with Crippen molar-refractivity contribution in [1.29, 1.82) is 0 Å². The molecule has 2 N–H and O–H groups in total. The Morgan fingerprint density at radius 2 is 2.00 bits per heavy atom. The summed E-state index contributed by atoms with van der Waals surface area (Å²) in [6.07, 6.45) is 1.03. The van der Waals surface area contributed by atoms with Gasteiger partial charge in [-0.15, -0.1) is 0 Å². The van der Waals surface area contributed by atoms with Crippen LogP contribution >= 0.6 is 0 Å². The fourth-order valence-electron chi connectivity index (χ4n) is 1.06. The molecule has 4 heteroatoms. The molecule has 15 heavy (non-hydrogen) atoms. The molecular weight excluding hydrogens is 192 g/mol. The van der Waals surface area contributed by atoms with Crippen molar-refractivity contribution >= 4 is 5.97 Å². The first-order valence-corrected chi connectivity index (χ1v) is 5.37. The second-order valence-corrected chi connectivity index (χ2v) is 5.06. The Labute approximate surface area is 92.7 Å². The van der Waals surface area contributed by atoms with Crippen LogP contribution in [-0.2, 0) is 4.79 Å². The predicted molar refractivity (Wildman–Crippen MR) is 62.1 cm³/mol. The molecule has 0 aliphatic heterocycles. The van der Waals surface area contributed by atoms with Crippen molar-refractivity contribution in [2.45, 2.75) is 33.2 Å². The number of nitrogens with one attached hydrogen (secondary N) is 1. The van der Waals surface area contributed by atoms with Crippen molar-refractivity contribution in [1.82, 2.24) is 10.2 Å². The Balaban J connectivity index is 3.80. The van der Waals surface area contributed by atoms with Gasteiger partial charge in [0.05, 0.1) is 5.41 Å². The molecule has 0 bridgehead atoms. The third kappa shape index (κ3) is 6.47. The summed E-state index contributed by atoms with van der Waals surface area (Å²) < 4.78 is 0. The van der Waals surface area contributed by atoms with Crippen LogP contribution < -0.4 is 5.32 Å². The highest BCUT2D eigenvalue weighted by atomic mass is 16.4. The van der Waals surface area contributed by atoms with Gasteiger partial charge in [-0.1, -0.05) is 0 Å². The summed E-state index contributed by atoms with van der Waals surface area (Å²) in [5, 5.41) is 12.2. The number of aliphatic carboxylic acids is 1. The zero-order valence-electron chi connectivity index (χ0n) is 10.5. The van der Waals surface area contributed by atoms with E-state index >= 15 is 0 Å². The standard InChI is InChI=1S/C11H24N2O2/c1-9(6-7-13(4)5)12-8-11(2,3)10(14)15/h9,12H,6-8H2,1-5H3,(H,14,15). The third-order valence-corrected chi connectivity index (χ3v) is 2.48. The molecule has 0 aliphatic rings. The van der Waals surface area contributed by atoms with Crippen molar-refractivity contribution in [3.05, 3.63) is 0 Å². The molecule has 0 amide bonds. The minimum atomic E-state index is -0.755. The lowest BCUT2D eigenvalue weighted by atomic mass is 9.93. The molecule has 0 saturated heterocycles. The smallest absolute Gasteiger partial charge is 0.310 e. The average Bonchev–Trinajstić information content (AvgIpc) is 2.11. The summed E-state index contributed by atoms with van der Waals surface area (Å²) in [6.45, 7) is 7.09. The molecular formula is C11H24N2O2. The van der Waals surface area contributed by atoms with E-state index in [1.807, 2.05) is 14.1 Å². The molecule has 0 heterocycles. The Morgan fingerprint density at radius 3 is 2.40 bits per heavy atom. The van der Waals surface area contributed by atoms with Crippen molar-refractivity contribution in [3.8, 4) is 0 Å². The monoisotopic (exact) mass is 216 g/mol. The highest BCUT2D eigenvalue weighted by Crippen LogP contribution is 2.13. The number of nitrogens with zero attached hydrogens (tertiary/aromatic N) is 1. The topological polar surface area (TPSA) is 52.6 Å². The van der Waals surface area contributed by atoms with Crippen molar-refractivity contribution in [2.24, 2.45) is 5.41 Å². The summed E-state index contributed by atoms with van der Waals surface area (Å²) in [6, 6.07) is 0.353. The van der Waals surface area contributed by atoms with Crippen molar-refractivity contribution in [2.75, 3.05) is 27.2 Å². The van der Waals surface area contributed by atoms with E-state index in [-0.39, 0.29) is 0 Å². The Morgan fingerprint density at radius 1 is 1.47 bits per heavy atom. The van der Waals surface area contributed by atoms with E-state index in [1.165, 1.54) is 0 Å². The largest absolute Gasteiger partial charge is 0.481 e. The van der Waals surface area contributed by atoms with Gasteiger partial charge in [0, 0.05) is 12.6 Å². The lowest BCUT2D eigenvalue weighted by molar-refractivity contribution is -0.146. The quantitative estimate of drug-likeness (QED) is 0.667. The predicted octanol–water partition coefficient (Wildman–Crippen LogP) is 1.03. The second kappa shape index (κ2) is 6.08. The van der Waals surface area contributed by atoms with Gasteiger partial charge in [0.2, 0.25) is 0 Å². The van der Waals surface area contributed by atoms with Crippen molar-refractivity contribution in [3.63, 3.8) is 0 Å². The first-order valence-electron chi connectivity index (χ1n) is 5.37. The lowest BCUT2D eigenvalue weighted by Gasteiger charge is -2.23. The summed E-state index contributed by atoms with van der Waals surface area (Å²) in [5.74, 6) is -0.755. The van der Waals surface area contributed by atoms with Gasteiger partial charge >= 0.3 is 5.97 Å². The lowest BCUT2D eigenvalue weighted by Crippen LogP contribution is -2.40. The summed E-state index contributed by atoms with van der Waals surface area (Å²) >= 11 is 0. The molecule has 0 fully saturated rings. The minimum Gasteiger partial charge on any atom is -0.481 e. The van der Waals surface area contributed by atoms with Gasteiger partial charge in [-0.3, -0.25) is 4.79 Å². The number of carbonyl (C=O) groups is 1. The van der Waals surface area contributed by atoms with E-state index in [0.29, 0.717) is 12.6 Å². The van der Waals surface area contributed by atoms with Crippen LogP contribution in [-0.4, -0.2) is 49.2 Å². The highest BCUT2D eigenvalue weighted by molar-refractivity contribution is 5.73. The van der Waals surface area contributed by atoms with Gasteiger partial charge < -0.3 is 15.3 Å². The molecule has 0 aromatic carbocycles. The highest BCUT2D eigenvalue weighted by Gasteiger charge is 2.26. The summed E-state index contributed by atoms with van der Waals surface area (Å²) in [7, 11) is 4.07. The molecule has 0 aromatic rings. The fourth-order valence-corrected chi connectivity index (χ4v) is 1.06. The van der Waals surface area contributed by atoms with Crippen molar-refractivity contribution < 1.29 is 9.90 Å². The van der Waals surface area contributed by atoms with Gasteiger partial charge in [0.1, 0.15) is 0 Å². The van der Waals surface area contributed by atoms with E-state index in [4.69, 9.17) is 5.11 Å². The molecule has 1 atom stereocenters. The fraction of sp³-hybridized carbons (Fsp3) is 0.909. The Hall–Kier alpha value is -0.610. The maximum atomic E-state index is 10.9. The SMILES string of the molecule is CC(CCN(C)C)NCC(C)(C)C(=O)O. The zero-order valence-corrected chi connectivity index (χ0v) is 10.5. The average molecular weight is 216 g/mol. The maximum absolute atomic E-state index is 10.9. The first-order chi connectivity index (χ1) is 6.75. The van der Waals surface area contributed by atoms with E-state index < -0.39 is 11.4 Å². The van der Waals surface area contributed by atoms with Gasteiger partial charge in [0.15, 0.2) is 0 Å². The van der Waals surface area contributed by atoms with Crippen LogP contribution in [0.25, 0.3) is 0 Å². The van der Waals surface area contributed by atoms with Gasteiger partial charge in [0.25, 0.3) is 0 Å². The molecule has 4 nitrogen and oxygen atoms in total. The Kier molecular flexibility index (Phi) is 5.83. The van der Waals surface area contributed by atoms with Gasteiger partial charge in [-0.2, -0.15) is 0 Å². The molecule has 0 aliphatic carbocycles. The van der Waals surface area contributed by atoms with Crippen LogP contribution in [0, 0.1) is 5.41 Å². The van der Waals surface area contributed by atoms with Crippen LogP contribution in [0.4, 0.5) is 0 Å². The van der Waals surface area contributed by atoms with Gasteiger partial charge in [-0.25, -0.2) is 0 Å². The van der Waals surface area contributed by atoms with Crippen LogP contribution in [0.2, 0.25) is 0 Å². The van der Waals surface area contributed by atoms with E-state index in [0.717, 1.165) is 13.0 Å². The van der Waals surface area contributed by atoms with E-state index in [1.54, 1.807) is 13.8 Å². The van der Waals surface area contributed by atoms with Crippen LogP contribution in [0.1, 0.15) is 27.2 Å². The third-order valence-electron chi connectivity index (χ3n) is 2.48. The molecule has 0 aromatic heterocycles. The van der Waals surface area contributed by atoms with Gasteiger partial charge in [-0.05, 0) is 47.8 Å².